The van der Waals surface area contributed by atoms with Crippen molar-refractivity contribution in [3.05, 3.63) is 23.8 Å². The number of carbonyl (C=O) groups is 1. The number of carbonyl (C=O) groups excluding carboxylic acids is 1. The Bertz CT molecular complexity index is 448. The quantitative estimate of drug-likeness (QED) is 0.370. The molecule has 0 amide bonds. The third-order valence-electron chi connectivity index (χ3n) is 3.29. The van der Waals surface area contributed by atoms with E-state index in [-0.39, 0.29) is 17.9 Å². The fourth-order valence-electron chi connectivity index (χ4n) is 2.02. The molecule has 1 aromatic carbocycles. The van der Waals surface area contributed by atoms with Gasteiger partial charge in [0.05, 0.1) is 6.61 Å². The maximum absolute atomic E-state index is 11.7. The summed E-state index contributed by atoms with van der Waals surface area (Å²) in [7, 11) is 0. The Labute approximate surface area is 125 Å². The number of nitrogens with two attached hydrogens (primary N) is 1. The van der Waals surface area contributed by atoms with E-state index in [0.717, 1.165) is 19.3 Å². The number of hydrogen-bond donors (Lipinski definition) is 3. The molecule has 0 bridgehead atoms. The lowest BCUT2D eigenvalue weighted by Gasteiger charge is -2.12. The predicted molar refractivity (Wildman–Crippen MR) is 81.2 cm³/mol. The van der Waals surface area contributed by atoms with E-state index in [9.17, 15) is 15.0 Å². The molecular weight excluding hydrogens is 270 g/mol. The van der Waals surface area contributed by atoms with Gasteiger partial charge in [0.1, 0.15) is 6.04 Å². The summed E-state index contributed by atoms with van der Waals surface area (Å²) < 4.78 is 5.13. The van der Waals surface area contributed by atoms with Gasteiger partial charge < -0.3 is 20.7 Å². The van der Waals surface area contributed by atoms with Crippen molar-refractivity contribution >= 4 is 5.97 Å². The molecule has 4 N–H and O–H groups in total. The van der Waals surface area contributed by atoms with Gasteiger partial charge in [-0.2, -0.15) is 0 Å². The molecule has 0 saturated carbocycles. The van der Waals surface area contributed by atoms with Crippen LogP contribution < -0.4 is 5.73 Å². The molecule has 5 heteroatoms. The van der Waals surface area contributed by atoms with E-state index in [1.54, 1.807) is 6.07 Å². The van der Waals surface area contributed by atoms with E-state index in [1.807, 2.05) is 0 Å². The molecule has 0 radical (unpaired) electrons. The lowest BCUT2D eigenvalue weighted by molar-refractivity contribution is -0.145. The second kappa shape index (κ2) is 9.23. The number of unbranched alkanes of at least 4 members (excludes halogenated alkanes) is 4. The topological polar surface area (TPSA) is 92.8 Å². The van der Waals surface area contributed by atoms with Gasteiger partial charge in [0.2, 0.25) is 0 Å². The third-order valence-corrected chi connectivity index (χ3v) is 3.29. The minimum absolute atomic E-state index is 0.193. The fourth-order valence-corrected chi connectivity index (χ4v) is 2.02. The molecule has 0 heterocycles. The van der Waals surface area contributed by atoms with Crippen LogP contribution in [0.1, 0.15) is 44.6 Å². The number of hydrogen-bond acceptors (Lipinski definition) is 5. The van der Waals surface area contributed by atoms with Crippen LogP contribution in [0.2, 0.25) is 0 Å². The van der Waals surface area contributed by atoms with Crippen LogP contribution in [0.25, 0.3) is 0 Å². The Morgan fingerprint density at radius 3 is 2.57 bits per heavy atom. The first-order valence-corrected chi connectivity index (χ1v) is 7.47. The predicted octanol–water partition coefficient (Wildman–Crippen LogP) is 2.48. The monoisotopic (exact) mass is 295 g/mol. The number of esters is 1. The highest BCUT2D eigenvalue weighted by Gasteiger charge is 2.16. The van der Waals surface area contributed by atoms with Gasteiger partial charge in [-0.1, -0.05) is 38.7 Å². The zero-order valence-electron chi connectivity index (χ0n) is 12.5. The Kier molecular flexibility index (Phi) is 7.61. The number of aromatic hydroxyl groups is 2. The summed E-state index contributed by atoms with van der Waals surface area (Å²) in [4.78, 5) is 11.7. The van der Waals surface area contributed by atoms with Crippen molar-refractivity contribution in [2.24, 2.45) is 5.73 Å². The number of ether oxygens (including phenoxy) is 1. The molecule has 0 aliphatic rings. The van der Waals surface area contributed by atoms with E-state index in [0.29, 0.717) is 12.2 Å². The molecule has 1 rings (SSSR count). The highest BCUT2D eigenvalue weighted by atomic mass is 16.5. The van der Waals surface area contributed by atoms with Gasteiger partial charge >= 0.3 is 5.97 Å². The summed E-state index contributed by atoms with van der Waals surface area (Å²) in [6.07, 6.45) is 5.73. The van der Waals surface area contributed by atoms with Crippen molar-refractivity contribution < 1.29 is 19.7 Å². The number of benzene rings is 1. The summed E-state index contributed by atoms with van der Waals surface area (Å²) >= 11 is 0. The average Bonchev–Trinajstić information content (AvgIpc) is 2.46. The van der Waals surface area contributed by atoms with Crippen molar-refractivity contribution in [1.82, 2.24) is 0 Å². The number of phenolic OH excluding ortho intramolecular Hbond substituents is 2. The van der Waals surface area contributed by atoms with Crippen molar-refractivity contribution in [1.29, 1.82) is 0 Å². The zero-order chi connectivity index (χ0) is 15.7. The molecule has 0 fully saturated rings. The minimum atomic E-state index is -0.760. The van der Waals surface area contributed by atoms with Gasteiger partial charge in [0.25, 0.3) is 0 Å². The van der Waals surface area contributed by atoms with Crippen LogP contribution in [0.4, 0.5) is 0 Å². The lowest BCUT2D eigenvalue weighted by Crippen LogP contribution is -2.34. The molecule has 0 aliphatic heterocycles. The maximum Gasteiger partial charge on any atom is 0.323 e. The molecule has 0 unspecified atom stereocenters. The molecule has 21 heavy (non-hydrogen) atoms. The zero-order valence-corrected chi connectivity index (χ0v) is 12.5. The van der Waals surface area contributed by atoms with Crippen LogP contribution in [0.5, 0.6) is 11.5 Å². The summed E-state index contributed by atoms with van der Waals surface area (Å²) in [5, 5.41) is 18.6. The Morgan fingerprint density at radius 2 is 1.90 bits per heavy atom. The molecule has 0 saturated heterocycles. The summed E-state index contributed by atoms with van der Waals surface area (Å²) in [6.45, 7) is 2.55. The fraction of sp³-hybridized carbons (Fsp3) is 0.562. The maximum atomic E-state index is 11.7. The summed E-state index contributed by atoms with van der Waals surface area (Å²) in [5.41, 5.74) is 6.46. The molecule has 1 aromatic rings. The van der Waals surface area contributed by atoms with Crippen molar-refractivity contribution in [2.45, 2.75) is 51.5 Å². The molecule has 118 valence electrons. The number of phenols is 2. The van der Waals surface area contributed by atoms with Gasteiger partial charge in [-0.3, -0.25) is 4.79 Å². The molecule has 5 nitrogen and oxygen atoms in total. The van der Waals surface area contributed by atoms with E-state index in [2.05, 4.69) is 6.92 Å². The van der Waals surface area contributed by atoms with Crippen LogP contribution in [0.3, 0.4) is 0 Å². The lowest BCUT2D eigenvalue weighted by atomic mass is 10.1. The Balaban J connectivity index is 2.29. The van der Waals surface area contributed by atoms with Gasteiger partial charge in [0, 0.05) is 0 Å². The van der Waals surface area contributed by atoms with Gasteiger partial charge in [-0.15, -0.1) is 0 Å². The molecule has 0 aliphatic carbocycles. The highest BCUT2D eigenvalue weighted by Crippen LogP contribution is 2.25. The molecule has 0 aromatic heterocycles. The van der Waals surface area contributed by atoms with E-state index < -0.39 is 12.0 Å². The van der Waals surface area contributed by atoms with Crippen LogP contribution in [-0.2, 0) is 16.0 Å². The molecule has 1 atom stereocenters. The second-order valence-corrected chi connectivity index (χ2v) is 5.22. The molecule has 0 spiro atoms. The van der Waals surface area contributed by atoms with E-state index in [4.69, 9.17) is 10.5 Å². The van der Waals surface area contributed by atoms with Crippen LogP contribution in [0.15, 0.2) is 18.2 Å². The van der Waals surface area contributed by atoms with Gasteiger partial charge in [-0.25, -0.2) is 0 Å². The summed E-state index contributed by atoms with van der Waals surface area (Å²) in [6, 6.07) is 3.63. The van der Waals surface area contributed by atoms with Crippen LogP contribution >= 0.6 is 0 Å². The Hall–Kier alpha value is -1.75. The highest BCUT2D eigenvalue weighted by molar-refractivity contribution is 5.75. The average molecular weight is 295 g/mol. The van der Waals surface area contributed by atoms with Crippen molar-refractivity contribution in [3.63, 3.8) is 0 Å². The first-order valence-electron chi connectivity index (χ1n) is 7.47. The minimum Gasteiger partial charge on any atom is -0.504 e. The third kappa shape index (κ3) is 6.49. The Morgan fingerprint density at radius 1 is 1.19 bits per heavy atom. The first kappa shape index (κ1) is 17.3. The first-order chi connectivity index (χ1) is 10.0. The van der Waals surface area contributed by atoms with Crippen LogP contribution in [0, 0.1) is 0 Å². The second-order valence-electron chi connectivity index (χ2n) is 5.22. The largest absolute Gasteiger partial charge is 0.504 e. The molecular formula is C16H25NO4. The SMILES string of the molecule is CCCCCCCOC(=O)[C@@H](N)Cc1ccc(O)c(O)c1. The summed E-state index contributed by atoms with van der Waals surface area (Å²) in [5.74, 6) is -0.843. The van der Waals surface area contributed by atoms with E-state index >= 15 is 0 Å². The normalized spacial score (nSPS) is 12.1. The van der Waals surface area contributed by atoms with Crippen molar-refractivity contribution in [3.8, 4) is 11.5 Å². The smallest absolute Gasteiger partial charge is 0.323 e. The van der Waals surface area contributed by atoms with Gasteiger partial charge in [-0.05, 0) is 30.5 Å². The van der Waals surface area contributed by atoms with Crippen LogP contribution in [-0.4, -0.2) is 28.8 Å². The van der Waals surface area contributed by atoms with Crippen molar-refractivity contribution in [2.75, 3.05) is 6.61 Å². The number of rotatable bonds is 9. The van der Waals surface area contributed by atoms with E-state index in [1.165, 1.54) is 25.0 Å². The standard InChI is InChI=1S/C16H25NO4/c1-2-3-4-5-6-9-21-16(20)13(17)10-12-7-8-14(18)15(19)11-12/h7-8,11,13,18-19H,2-6,9-10,17H2,1H3/t13-/m0/s1. The van der Waals surface area contributed by atoms with Gasteiger partial charge in [0.15, 0.2) is 11.5 Å².